The van der Waals surface area contributed by atoms with Gasteiger partial charge in [0.1, 0.15) is 0 Å². The normalized spacial score (nSPS) is 16.5. The quantitative estimate of drug-likeness (QED) is 0.892. The van der Waals surface area contributed by atoms with Gasteiger partial charge in [0.05, 0.1) is 5.54 Å². The largest absolute Gasteiger partial charge is 0.339 e. The van der Waals surface area contributed by atoms with E-state index in [1.165, 1.54) is 11.1 Å². The Morgan fingerprint density at radius 1 is 1.13 bits per heavy atom. The van der Waals surface area contributed by atoms with Gasteiger partial charge in [0.2, 0.25) is 5.89 Å². The molecule has 1 aromatic heterocycles. The molecule has 0 aliphatic heterocycles. The maximum Gasteiger partial charge on any atom is 0.227 e. The van der Waals surface area contributed by atoms with E-state index in [1.54, 1.807) is 0 Å². The van der Waals surface area contributed by atoms with E-state index in [9.17, 15) is 0 Å². The van der Waals surface area contributed by atoms with E-state index < -0.39 is 0 Å². The molecule has 0 amide bonds. The molecular formula is C18H26ClN3O. The zero-order chi connectivity index (χ0) is 15.6. The molecule has 3 rings (SSSR count). The van der Waals surface area contributed by atoms with Crippen LogP contribution in [0.15, 0.2) is 28.8 Å². The van der Waals surface area contributed by atoms with Crippen molar-refractivity contribution in [2.24, 2.45) is 5.73 Å². The van der Waals surface area contributed by atoms with E-state index in [-0.39, 0.29) is 17.9 Å². The van der Waals surface area contributed by atoms with Gasteiger partial charge in [-0.3, -0.25) is 0 Å². The summed E-state index contributed by atoms with van der Waals surface area (Å²) in [7, 11) is 0. The van der Waals surface area contributed by atoms with Gasteiger partial charge < -0.3 is 10.3 Å². The number of nitrogens with two attached hydrogens (primary N) is 1. The van der Waals surface area contributed by atoms with Gasteiger partial charge >= 0.3 is 0 Å². The van der Waals surface area contributed by atoms with Crippen molar-refractivity contribution in [3.63, 3.8) is 0 Å². The highest BCUT2D eigenvalue weighted by atomic mass is 35.5. The smallest absolute Gasteiger partial charge is 0.227 e. The molecule has 2 aromatic rings. The average Bonchev–Trinajstić information content (AvgIpc) is 3.15. The van der Waals surface area contributed by atoms with E-state index in [4.69, 9.17) is 10.3 Å². The summed E-state index contributed by atoms with van der Waals surface area (Å²) in [4.78, 5) is 4.52. The molecule has 1 aliphatic carbocycles. The molecule has 0 radical (unpaired) electrons. The zero-order valence-corrected chi connectivity index (χ0v) is 14.7. The topological polar surface area (TPSA) is 64.9 Å². The molecule has 0 saturated heterocycles. The number of hydrogen-bond donors (Lipinski definition) is 1. The Morgan fingerprint density at radius 3 is 2.39 bits per heavy atom. The van der Waals surface area contributed by atoms with Gasteiger partial charge in [-0.1, -0.05) is 56.1 Å². The summed E-state index contributed by atoms with van der Waals surface area (Å²) in [5.74, 6) is 1.95. The Bertz CT molecular complexity index is 615. The van der Waals surface area contributed by atoms with Crippen LogP contribution < -0.4 is 5.73 Å². The van der Waals surface area contributed by atoms with Gasteiger partial charge in [-0.15, -0.1) is 12.4 Å². The third kappa shape index (κ3) is 4.12. The van der Waals surface area contributed by atoms with Gasteiger partial charge in [-0.25, -0.2) is 0 Å². The van der Waals surface area contributed by atoms with Crippen LogP contribution in [0.4, 0.5) is 0 Å². The fourth-order valence-electron chi connectivity index (χ4n) is 3.11. The van der Waals surface area contributed by atoms with Crippen molar-refractivity contribution in [1.29, 1.82) is 0 Å². The van der Waals surface area contributed by atoms with Crippen LogP contribution in [0.2, 0.25) is 0 Å². The lowest BCUT2D eigenvalue weighted by molar-refractivity contribution is 0.348. The second kappa shape index (κ2) is 7.45. The highest BCUT2D eigenvalue weighted by Crippen LogP contribution is 2.34. The fraction of sp³-hybridized carbons (Fsp3) is 0.556. The molecule has 1 fully saturated rings. The highest BCUT2D eigenvalue weighted by molar-refractivity contribution is 5.85. The Balaban J connectivity index is 0.00000192. The molecule has 0 unspecified atom stereocenters. The lowest BCUT2D eigenvalue weighted by Gasteiger charge is -2.17. The van der Waals surface area contributed by atoms with E-state index in [2.05, 4.69) is 48.3 Å². The van der Waals surface area contributed by atoms with Crippen LogP contribution >= 0.6 is 12.4 Å². The SMILES string of the molecule is CC(C)c1ccc(CCc2nc(C3(N)CCCC3)no2)cc1.Cl. The number of benzene rings is 1. The number of halogens is 1. The zero-order valence-electron chi connectivity index (χ0n) is 13.9. The van der Waals surface area contributed by atoms with Crippen LogP contribution in [0.1, 0.15) is 68.3 Å². The van der Waals surface area contributed by atoms with Crippen LogP contribution in [0.5, 0.6) is 0 Å². The first kappa shape index (κ1) is 18.0. The van der Waals surface area contributed by atoms with Crippen molar-refractivity contribution in [3.8, 4) is 0 Å². The molecule has 1 aromatic carbocycles. The predicted molar refractivity (Wildman–Crippen MR) is 93.8 cm³/mol. The van der Waals surface area contributed by atoms with Gasteiger partial charge in [0.15, 0.2) is 5.82 Å². The van der Waals surface area contributed by atoms with Crippen molar-refractivity contribution in [1.82, 2.24) is 10.1 Å². The molecule has 1 aliphatic rings. The summed E-state index contributed by atoms with van der Waals surface area (Å²) in [5, 5.41) is 4.11. The summed E-state index contributed by atoms with van der Waals surface area (Å²) in [6, 6.07) is 8.78. The first-order valence-corrected chi connectivity index (χ1v) is 8.28. The summed E-state index contributed by atoms with van der Waals surface area (Å²) in [6.45, 7) is 4.42. The van der Waals surface area contributed by atoms with E-state index in [0.717, 1.165) is 38.5 Å². The van der Waals surface area contributed by atoms with Crippen molar-refractivity contribution in [3.05, 3.63) is 47.1 Å². The van der Waals surface area contributed by atoms with E-state index in [1.807, 2.05) is 0 Å². The number of nitrogens with zero attached hydrogens (tertiary/aromatic N) is 2. The van der Waals surface area contributed by atoms with E-state index in [0.29, 0.717) is 17.6 Å². The Morgan fingerprint density at radius 2 is 1.78 bits per heavy atom. The second-order valence-electron chi connectivity index (χ2n) is 6.77. The van der Waals surface area contributed by atoms with Crippen molar-refractivity contribution < 1.29 is 4.52 Å². The average molecular weight is 336 g/mol. The number of hydrogen-bond acceptors (Lipinski definition) is 4. The molecule has 1 saturated carbocycles. The molecule has 0 spiro atoms. The maximum atomic E-state index is 6.36. The minimum absolute atomic E-state index is 0. The molecule has 126 valence electrons. The van der Waals surface area contributed by atoms with Crippen molar-refractivity contribution >= 4 is 12.4 Å². The van der Waals surface area contributed by atoms with Crippen molar-refractivity contribution in [2.45, 2.75) is 63.8 Å². The Kier molecular flexibility index (Phi) is 5.82. The lowest BCUT2D eigenvalue weighted by Crippen LogP contribution is -2.34. The monoisotopic (exact) mass is 335 g/mol. The minimum Gasteiger partial charge on any atom is -0.339 e. The molecule has 23 heavy (non-hydrogen) atoms. The molecule has 2 N–H and O–H groups in total. The Hall–Kier alpha value is -1.39. The molecule has 5 heteroatoms. The molecule has 0 bridgehead atoms. The van der Waals surface area contributed by atoms with Crippen LogP contribution in [-0.2, 0) is 18.4 Å². The first-order valence-electron chi connectivity index (χ1n) is 8.28. The fourth-order valence-corrected chi connectivity index (χ4v) is 3.11. The lowest BCUT2D eigenvalue weighted by atomic mass is 9.98. The summed E-state index contributed by atoms with van der Waals surface area (Å²) in [6.07, 6.45) is 5.91. The summed E-state index contributed by atoms with van der Waals surface area (Å²) >= 11 is 0. The van der Waals surface area contributed by atoms with Gasteiger partial charge in [-0.2, -0.15) is 4.98 Å². The maximum absolute atomic E-state index is 6.36. The van der Waals surface area contributed by atoms with E-state index >= 15 is 0 Å². The Labute approximate surface area is 144 Å². The predicted octanol–water partition coefficient (Wildman–Crippen LogP) is 4.13. The van der Waals surface area contributed by atoms with Crippen LogP contribution in [-0.4, -0.2) is 10.1 Å². The molecule has 0 atom stereocenters. The molecule has 4 nitrogen and oxygen atoms in total. The van der Waals surface area contributed by atoms with Crippen LogP contribution in [0.3, 0.4) is 0 Å². The van der Waals surface area contributed by atoms with Crippen LogP contribution in [0.25, 0.3) is 0 Å². The standard InChI is InChI=1S/C18H25N3O.ClH/c1-13(2)15-8-5-14(6-9-15)7-10-16-20-17(21-22-16)18(19)11-3-4-12-18;/h5-6,8-9,13H,3-4,7,10-12,19H2,1-2H3;1H. The number of aromatic nitrogens is 2. The highest BCUT2D eigenvalue weighted by Gasteiger charge is 2.35. The van der Waals surface area contributed by atoms with Gasteiger partial charge in [-0.05, 0) is 36.3 Å². The number of aryl methyl sites for hydroxylation is 2. The minimum atomic E-state index is -0.360. The number of rotatable bonds is 5. The second-order valence-corrected chi connectivity index (χ2v) is 6.77. The first-order chi connectivity index (χ1) is 10.6. The third-order valence-corrected chi connectivity index (χ3v) is 4.68. The summed E-state index contributed by atoms with van der Waals surface area (Å²) in [5.41, 5.74) is 8.67. The molecular weight excluding hydrogens is 310 g/mol. The van der Waals surface area contributed by atoms with Crippen LogP contribution in [0, 0.1) is 0 Å². The third-order valence-electron chi connectivity index (χ3n) is 4.68. The summed E-state index contributed by atoms with van der Waals surface area (Å²) < 4.78 is 5.38. The van der Waals surface area contributed by atoms with Gasteiger partial charge in [0.25, 0.3) is 0 Å². The van der Waals surface area contributed by atoms with Crippen molar-refractivity contribution in [2.75, 3.05) is 0 Å². The van der Waals surface area contributed by atoms with Gasteiger partial charge in [0, 0.05) is 6.42 Å². The molecule has 1 heterocycles.